The average Bonchev–Trinajstić information content (AvgIpc) is 2.65. The summed E-state index contributed by atoms with van der Waals surface area (Å²) in [5.41, 5.74) is 1.16. The van der Waals surface area contributed by atoms with Crippen LogP contribution in [0.1, 0.15) is 32.6 Å². The van der Waals surface area contributed by atoms with E-state index in [0.717, 1.165) is 16.6 Å². The number of benzene rings is 1. The molecule has 2 unspecified atom stereocenters. The van der Waals surface area contributed by atoms with Crippen LogP contribution in [0, 0.1) is 5.92 Å². The van der Waals surface area contributed by atoms with Gasteiger partial charge in [-0.3, -0.25) is 0 Å². The van der Waals surface area contributed by atoms with Crippen LogP contribution in [0.25, 0.3) is 0 Å². The Morgan fingerprint density at radius 2 is 2.27 bits per heavy atom. The number of hydrogen-bond donors (Lipinski definition) is 1. The normalized spacial score (nSPS) is 25.5. The van der Waals surface area contributed by atoms with E-state index >= 15 is 0 Å². The van der Waals surface area contributed by atoms with Crippen LogP contribution in [0.5, 0.6) is 0 Å². The van der Waals surface area contributed by atoms with Gasteiger partial charge in [0.25, 0.3) is 0 Å². The molecule has 1 aliphatic carbocycles. The lowest BCUT2D eigenvalue weighted by atomic mass is 10.1. The maximum atomic E-state index is 5.95. The van der Waals surface area contributed by atoms with E-state index in [1.54, 1.807) is 0 Å². The Morgan fingerprint density at radius 1 is 1.40 bits per heavy atom. The summed E-state index contributed by atoms with van der Waals surface area (Å²) in [6, 6.07) is 8.65. The highest BCUT2D eigenvalue weighted by molar-refractivity contribution is 6.30. The zero-order valence-electron chi connectivity index (χ0n) is 9.17. The molecule has 1 aromatic carbocycles. The van der Waals surface area contributed by atoms with Gasteiger partial charge in [0.2, 0.25) is 0 Å². The van der Waals surface area contributed by atoms with E-state index in [4.69, 9.17) is 11.6 Å². The van der Waals surface area contributed by atoms with Crippen molar-refractivity contribution in [2.24, 2.45) is 5.92 Å². The molecule has 0 saturated heterocycles. The predicted octanol–water partition coefficient (Wildman–Crippen LogP) is 4.33. The molecule has 0 amide bonds. The molecule has 1 N–H and O–H groups in total. The Morgan fingerprint density at radius 3 is 2.93 bits per heavy atom. The van der Waals surface area contributed by atoms with Crippen molar-refractivity contribution < 1.29 is 0 Å². The lowest BCUT2D eigenvalue weighted by Gasteiger charge is -2.14. The fraction of sp³-hybridized carbons (Fsp3) is 0.538. The van der Waals surface area contributed by atoms with Crippen LogP contribution in [0.2, 0.25) is 5.02 Å². The molecule has 0 radical (unpaired) electrons. The fourth-order valence-electron chi connectivity index (χ4n) is 2.39. The lowest BCUT2D eigenvalue weighted by Crippen LogP contribution is -2.15. The second-order valence-electron chi connectivity index (χ2n) is 4.44. The van der Waals surface area contributed by atoms with Crippen molar-refractivity contribution >= 4 is 17.3 Å². The van der Waals surface area contributed by atoms with Gasteiger partial charge in [-0.05, 0) is 43.4 Å². The first-order valence-electron chi connectivity index (χ1n) is 5.80. The van der Waals surface area contributed by atoms with Crippen molar-refractivity contribution in [2.75, 3.05) is 5.32 Å². The molecule has 0 aromatic heterocycles. The van der Waals surface area contributed by atoms with E-state index in [0.29, 0.717) is 6.04 Å². The van der Waals surface area contributed by atoms with Gasteiger partial charge in [-0.1, -0.05) is 31.0 Å². The van der Waals surface area contributed by atoms with E-state index in [9.17, 15) is 0 Å². The van der Waals surface area contributed by atoms with Gasteiger partial charge in [0.05, 0.1) is 0 Å². The average molecular weight is 224 g/mol. The second kappa shape index (κ2) is 4.89. The highest BCUT2D eigenvalue weighted by Crippen LogP contribution is 2.30. The third-order valence-corrected chi connectivity index (χ3v) is 3.55. The summed E-state index contributed by atoms with van der Waals surface area (Å²) in [6.45, 7) is 2.28. The molecule has 2 heteroatoms. The van der Waals surface area contributed by atoms with Crippen LogP contribution in [-0.2, 0) is 0 Å². The third-order valence-electron chi connectivity index (χ3n) is 3.31. The molecule has 1 aliphatic rings. The summed E-state index contributed by atoms with van der Waals surface area (Å²) >= 11 is 5.95. The number of rotatable bonds is 3. The van der Waals surface area contributed by atoms with Gasteiger partial charge < -0.3 is 5.32 Å². The van der Waals surface area contributed by atoms with Gasteiger partial charge in [0.15, 0.2) is 0 Å². The SMILES string of the molecule is CCC1CCC(Nc2cccc(Cl)c2)C1. The minimum atomic E-state index is 0.647. The Bertz CT molecular complexity index is 324. The van der Waals surface area contributed by atoms with Crippen LogP contribution in [0.15, 0.2) is 24.3 Å². The molecule has 2 atom stereocenters. The van der Waals surface area contributed by atoms with Crippen LogP contribution < -0.4 is 5.32 Å². The van der Waals surface area contributed by atoms with Crippen molar-refractivity contribution in [1.82, 2.24) is 0 Å². The van der Waals surface area contributed by atoms with Crippen molar-refractivity contribution in [1.29, 1.82) is 0 Å². The van der Waals surface area contributed by atoms with Gasteiger partial charge in [0, 0.05) is 16.8 Å². The molecule has 0 aliphatic heterocycles. The summed E-state index contributed by atoms with van der Waals surface area (Å²) < 4.78 is 0. The minimum Gasteiger partial charge on any atom is -0.382 e. The van der Waals surface area contributed by atoms with Gasteiger partial charge in [0.1, 0.15) is 0 Å². The van der Waals surface area contributed by atoms with Gasteiger partial charge in [-0.15, -0.1) is 0 Å². The minimum absolute atomic E-state index is 0.647. The van der Waals surface area contributed by atoms with E-state index in [1.165, 1.54) is 25.7 Å². The maximum Gasteiger partial charge on any atom is 0.0426 e. The van der Waals surface area contributed by atoms with Crippen LogP contribution in [0.4, 0.5) is 5.69 Å². The number of nitrogens with one attached hydrogen (secondary N) is 1. The van der Waals surface area contributed by atoms with Crippen LogP contribution in [-0.4, -0.2) is 6.04 Å². The molecule has 15 heavy (non-hydrogen) atoms. The first-order chi connectivity index (χ1) is 7.28. The standard InChI is InChI=1S/C13H18ClN/c1-2-10-6-7-13(8-10)15-12-5-3-4-11(14)9-12/h3-5,9-10,13,15H,2,6-8H2,1H3. The topological polar surface area (TPSA) is 12.0 Å². The molecule has 1 nitrogen and oxygen atoms in total. The molecule has 0 heterocycles. The quantitative estimate of drug-likeness (QED) is 0.804. The molecule has 1 saturated carbocycles. The molecular formula is C13H18ClN. The van der Waals surface area contributed by atoms with E-state index in [-0.39, 0.29) is 0 Å². The van der Waals surface area contributed by atoms with Crippen molar-refractivity contribution in [3.8, 4) is 0 Å². The van der Waals surface area contributed by atoms with Crippen molar-refractivity contribution in [2.45, 2.75) is 38.6 Å². The Balaban J connectivity index is 1.92. The summed E-state index contributed by atoms with van der Waals surface area (Å²) in [6.07, 6.45) is 5.29. The zero-order valence-corrected chi connectivity index (χ0v) is 9.93. The monoisotopic (exact) mass is 223 g/mol. The van der Waals surface area contributed by atoms with E-state index in [2.05, 4.69) is 18.3 Å². The Kier molecular flexibility index (Phi) is 3.53. The number of hydrogen-bond acceptors (Lipinski definition) is 1. The summed E-state index contributed by atoms with van der Waals surface area (Å²) in [5.74, 6) is 0.918. The van der Waals surface area contributed by atoms with Gasteiger partial charge in [-0.25, -0.2) is 0 Å². The third kappa shape index (κ3) is 2.88. The van der Waals surface area contributed by atoms with E-state index < -0.39 is 0 Å². The highest BCUT2D eigenvalue weighted by atomic mass is 35.5. The fourth-order valence-corrected chi connectivity index (χ4v) is 2.58. The lowest BCUT2D eigenvalue weighted by molar-refractivity contribution is 0.525. The second-order valence-corrected chi connectivity index (χ2v) is 4.88. The highest BCUT2D eigenvalue weighted by Gasteiger charge is 2.22. The molecule has 82 valence electrons. The zero-order chi connectivity index (χ0) is 10.7. The molecule has 1 fully saturated rings. The summed E-state index contributed by atoms with van der Waals surface area (Å²) in [4.78, 5) is 0. The smallest absolute Gasteiger partial charge is 0.0426 e. The molecule has 0 bridgehead atoms. The van der Waals surface area contributed by atoms with Crippen LogP contribution >= 0.6 is 11.6 Å². The van der Waals surface area contributed by atoms with Crippen molar-refractivity contribution in [3.63, 3.8) is 0 Å². The van der Waals surface area contributed by atoms with E-state index in [1.807, 2.05) is 18.2 Å². The number of anilines is 1. The maximum absolute atomic E-state index is 5.95. The molecule has 2 rings (SSSR count). The van der Waals surface area contributed by atoms with Gasteiger partial charge in [-0.2, -0.15) is 0 Å². The first kappa shape index (κ1) is 10.8. The van der Waals surface area contributed by atoms with Gasteiger partial charge >= 0.3 is 0 Å². The first-order valence-corrected chi connectivity index (χ1v) is 6.18. The van der Waals surface area contributed by atoms with Crippen molar-refractivity contribution in [3.05, 3.63) is 29.3 Å². The largest absolute Gasteiger partial charge is 0.382 e. The Labute approximate surface area is 96.8 Å². The molecule has 0 spiro atoms. The number of halogens is 1. The summed E-state index contributed by atoms with van der Waals surface area (Å²) in [5, 5.41) is 4.37. The Hall–Kier alpha value is -0.690. The molecular weight excluding hydrogens is 206 g/mol. The predicted molar refractivity (Wildman–Crippen MR) is 66.5 cm³/mol. The van der Waals surface area contributed by atoms with Crippen LogP contribution in [0.3, 0.4) is 0 Å². The summed E-state index contributed by atoms with van der Waals surface area (Å²) in [7, 11) is 0. The molecule has 1 aromatic rings.